The van der Waals surface area contributed by atoms with Crippen LogP contribution in [0.15, 0.2) is 41.3 Å². The maximum atomic E-state index is 13.2. The number of thioether (sulfide) groups is 1. The minimum atomic E-state index is -4.59. The molecule has 1 aliphatic rings. The summed E-state index contributed by atoms with van der Waals surface area (Å²) < 4.78 is 93.9. The molecule has 4 rings (SSSR count). The van der Waals surface area contributed by atoms with Crippen molar-refractivity contribution in [3.05, 3.63) is 58.1 Å². The van der Waals surface area contributed by atoms with E-state index in [4.69, 9.17) is 19.2 Å². The molecule has 1 saturated heterocycles. The summed E-state index contributed by atoms with van der Waals surface area (Å²) >= 11 is 2.58. The molecule has 0 saturated carbocycles. The van der Waals surface area contributed by atoms with Gasteiger partial charge in [0.25, 0.3) is 0 Å². The van der Waals surface area contributed by atoms with Gasteiger partial charge in [-0.15, -0.1) is 23.1 Å². The Kier molecular flexibility index (Phi) is 12.2. The van der Waals surface area contributed by atoms with E-state index in [-0.39, 0.29) is 38.8 Å². The van der Waals surface area contributed by atoms with Gasteiger partial charge in [0.1, 0.15) is 22.8 Å². The van der Waals surface area contributed by atoms with Gasteiger partial charge < -0.3 is 19.1 Å². The molecule has 8 nitrogen and oxygen atoms in total. The molecular weight excluding hydrogens is 697 g/mol. The van der Waals surface area contributed by atoms with Crippen molar-refractivity contribution in [2.24, 2.45) is 0 Å². The molecule has 0 unspecified atom stereocenters. The Hall–Kier alpha value is -3.50. The molecule has 3 aromatic rings. The Bertz CT molecular complexity index is 1620. The minimum absolute atomic E-state index is 0.0360. The van der Waals surface area contributed by atoms with Crippen LogP contribution in [0, 0.1) is 6.92 Å². The number of halogens is 6. The normalized spacial score (nSPS) is 14.6. The number of amides is 1. The van der Waals surface area contributed by atoms with Crippen molar-refractivity contribution in [1.82, 2.24) is 14.8 Å². The van der Waals surface area contributed by atoms with Gasteiger partial charge in [0.2, 0.25) is 5.91 Å². The number of aryl methyl sites for hydroxylation is 1. The van der Waals surface area contributed by atoms with Crippen molar-refractivity contribution in [2.45, 2.75) is 69.3 Å². The lowest BCUT2D eigenvalue weighted by molar-refractivity contribution is -0.162. The van der Waals surface area contributed by atoms with Crippen molar-refractivity contribution in [1.29, 1.82) is 0 Å². The Morgan fingerprint density at radius 2 is 1.63 bits per heavy atom. The average Bonchev–Trinajstić information content (AvgIpc) is 3.42. The molecule has 0 N–H and O–H groups in total. The van der Waals surface area contributed by atoms with Gasteiger partial charge in [-0.1, -0.05) is 12.1 Å². The highest BCUT2D eigenvalue weighted by molar-refractivity contribution is 8.01. The number of carbonyl (C=O) groups is 2. The largest absolute Gasteiger partial charge is 0.493 e. The second kappa shape index (κ2) is 15.6. The monoisotopic (exact) mass is 733 g/mol. The van der Waals surface area contributed by atoms with Gasteiger partial charge in [-0.05, 0) is 57.5 Å². The quantitative estimate of drug-likeness (QED) is 0.106. The van der Waals surface area contributed by atoms with E-state index in [1.165, 1.54) is 47.2 Å². The van der Waals surface area contributed by atoms with Gasteiger partial charge in [-0.3, -0.25) is 14.5 Å². The number of esters is 1. The van der Waals surface area contributed by atoms with Crippen molar-refractivity contribution in [3.8, 4) is 22.1 Å². The lowest BCUT2D eigenvalue weighted by Gasteiger charge is -2.34. The molecule has 2 aromatic carbocycles. The topological polar surface area (TPSA) is 81.2 Å². The van der Waals surface area contributed by atoms with E-state index in [2.05, 4.69) is 0 Å². The highest BCUT2D eigenvalue weighted by atomic mass is 32.2. The van der Waals surface area contributed by atoms with Crippen LogP contribution in [0.5, 0.6) is 11.5 Å². The number of benzene rings is 2. The summed E-state index contributed by atoms with van der Waals surface area (Å²) in [5, 5.41) is 0.470. The number of rotatable bonds is 12. The summed E-state index contributed by atoms with van der Waals surface area (Å²) in [6.45, 7) is 8.58. The summed E-state index contributed by atoms with van der Waals surface area (Å²) in [5.74, 6) is -0.487. The first-order chi connectivity index (χ1) is 22.9. The van der Waals surface area contributed by atoms with E-state index in [0.29, 0.717) is 45.7 Å². The maximum Gasteiger partial charge on any atom is 0.416 e. The SMILES string of the molecule is CCOC(=O)C(C)(C)Sc1cc(OC)c(OCc2sc(-c3ccc(C(F)(F)F)cc3)nc2CN2CCN(C(=O)CC(F)(F)F)CC2)cc1C. The fourth-order valence-electron chi connectivity index (χ4n) is 4.99. The Morgan fingerprint density at radius 1 is 0.980 bits per heavy atom. The smallest absolute Gasteiger partial charge is 0.416 e. The second-order valence-electron chi connectivity index (χ2n) is 11.8. The summed E-state index contributed by atoms with van der Waals surface area (Å²) in [6.07, 6.45) is -10.6. The minimum Gasteiger partial charge on any atom is -0.493 e. The third kappa shape index (κ3) is 10.3. The molecule has 16 heteroatoms. The van der Waals surface area contributed by atoms with Gasteiger partial charge in [-0.25, -0.2) is 4.98 Å². The number of hydrogen-bond acceptors (Lipinski definition) is 9. The number of nitrogens with zero attached hydrogens (tertiary/aromatic N) is 3. The van der Waals surface area contributed by atoms with Crippen molar-refractivity contribution >= 4 is 35.0 Å². The first kappa shape index (κ1) is 38.3. The van der Waals surface area contributed by atoms with Crippen LogP contribution in [0.3, 0.4) is 0 Å². The molecule has 49 heavy (non-hydrogen) atoms. The van der Waals surface area contributed by atoms with E-state index in [1.807, 2.05) is 11.8 Å². The molecule has 1 amide bonds. The van der Waals surface area contributed by atoms with Crippen LogP contribution in [0.1, 0.15) is 48.9 Å². The molecule has 1 aliphatic heterocycles. The van der Waals surface area contributed by atoms with Crippen LogP contribution < -0.4 is 9.47 Å². The lowest BCUT2D eigenvalue weighted by Crippen LogP contribution is -2.49. The third-order valence-corrected chi connectivity index (χ3v) is 10.1. The molecule has 1 aromatic heterocycles. The van der Waals surface area contributed by atoms with E-state index in [9.17, 15) is 35.9 Å². The molecule has 0 aliphatic carbocycles. The Morgan fingerprint density at radius 3 is 2.20 bits per heavy atom. The fraction of sp³-hybridized carbons (Fsp3) is 0.485. The first-order valence-electron chi connectivity index (χ1n) is 15.3. The predicted molar refractivity (Wildman–Crippen MR) is 174 cm³/mol. The first-order valence-corrected chi connectivity index (χ1v) is 16.9. The van der Waals surface area contributed by atoms with E-state index in [1.54, 1.807) is 32.9 Å². The van der Waals surface area contributed by atoms with Crippen LogP contribution in [-0.2, 0) is 33.7 Å². The Labute approximate surface area is 288 Å². The average molecular weight is 734 g/mol. The predicted octanol–water partition coefficient (Wildman–Crippen LogP) is 7.76. The standard InChI is InChI=1S/C33H37F6N3O5S2/c1-6-46-30(44)31(3,4)49-26-16-24(45-5)25(15-20(26)2)47-19-27-23(18-41-11-13-42(14-12-41)28(43)17-32(34,35)36)40-29(48-27)21-7-9-22(10-8-21)33(37,38)39/h7-10,15-16H,6,11-14,17-19H2,1-5H3. The van der Waals surface area contributed by atoms with Crippen molar-refractivity contribution in [2.75, 3.05) is 39.9 Å². The van der Waals surface area contributed by atoms with Crippen LogP contribution in [-0.4, -0.2) is 77.5 Å². The van der Waals surface area contributed by atoms with Gasteiger partial charge in [0.15, 0.2) is 11.5 Å². The van der Waals surface area contributed by atoms with Crippen LogP contribution >= 0.6 is 23.1 Å². The van der Waals surface area contributed by atoms with E-state index < -0.39 is 35.0 Å². The number of alkyl halides is 6. The zero-order valence-electron chi connectivity index (χ0n) is 27.6. The fourth-order valence-corrected chi connectivity index (χ4v) is 7.05. The number of thiazole rings is 1. The molecule has 0 radical (unpaired) electrons. The van der Waals surface area contributed by atoms with Gasteiger partial charge in [-0.2, -0.15) is 26.3 Å². The molecule has 268 valence electrons. The molecular formula is C33H37F6N3O5S2. The van der Waals surface area contributed by atoms with E-state index >= 15 is 0 Å². The zero-order valence-corrected chi connectivity index (χ0v) is 29.2. The molecule has 2 heterocycles. The molecule has 0 spiro atoms. The number of aromatic nitrogens is 1. The third-order valence-electron chi connectivity index (χ3n) is 7.64. The van der Waals surface area contributed by atoms with Crippen LogP contribution in [0.2, 0.25) is 0 Å². The van der Waals surface area contributed by atoms with Gasteiger partial charge in [0, 0.05) is 43.2 Å². The number of carbonyl (C=O) groups excluding carboxylic acids is 2. The lowest BCUT2D eigenvalue weighted by atomic mass is 10.1. The molecule has 0 bridgehead atoms. The van der Waals surface area contributed by atoms with Gasteiger partial charge in [0.05, 0.1) is 29.9 Å². The summed E-state index contributed by atoms with van der Waals surface area (Å²) in [4.78, 5) is 33.9. The maximum absolute atomic E-state index is 13.2. The zero-order chi connectivity index (χ0) is 36.1. The number of ether oxygens (including phenoxy) is 3. The summed E-state index contributed by atoms with van der Waals surface area (Å²) in [7, 11) is 1.49. The number of hydrogen-bond donors (Lipinski definition) is 0. The summed E-state index contributed by atoms with van der Waals surface area (Å²) in [5.41, 5.74) is 1.11. The molecule has 0 atom stereocenters. The van der Waals surface area contributed by atoms with Crippen LogP contribution in [0.4, 0.5) is 26.3 Å². The number of piperazine rings is 1. The van der Waals surface area contributed by atoms with Crippen molar-refractivity contribution in [3.63, 3.8) is 0 Å². The second-order valence-corrected chi connectivity index (χ2v) is 14.6. The highest BCUT2D eigenvalue weighted by Crippen LogP contribution is 2.42. The summed E-state index contributed by atoms with van der Waals surface area (Å²) in [6, 6.07) is 8.23. The number of methoxy groups -OCH3 is 1. The van der Waals surface area contributed by atoms with Gasteiger partial charge >= 0.3 is 18.3 Å². The van der Waals surface area contributed by atoms with E-state index in [0.717, 1.165) is 22.6 Å². The molecule has 1 fully saturated rings. The highest BCUT2D eigenvalue weighted by Gasteiger charge is 2.35. The van der Waals surface area contributed by atoms with Crippen molar-refractivity contribution < 1.29 is 50.1 Å². The van der Waals surface area contributed by atoms with Crippen LogP contribution in [0.25, 0.3) is 10.6 Å². The Balaban J connectivity index is 1.56.